The average molecular weight is 640 g/mol. The molecule has 8 heteroatoms. The number of nitrogens with zero attached hydrogens (tertiary/aromatic N) is 3. The Labute approximate surface area is 279 Å². The number of esters is 1. The fourth-order valence-corrected chi connectivity index (χ4v) is 5.75. The first-order valence-electron chi connectivity index (χ1n) is 17.1. The Hall–Kier alpha value is -3.94. The number of carbonyl (C=O) groups is 1. The molecular weight excluding hydrogens is 590 g/mol. The fourth-order valence-electron chi connectivity index (χ4n) is 5.75. The number of azide groups is 1. The lowest BCUT2D eigenvalue weighted by molar-refractivity contribution is -0.252. The van der Waals surface area contributed by atoms with Crippen molar-refractivity contribution in [1.82, 2.24) is 0 Å². The molecule has 0 radical (unpaired) electrons. The second-order valence-corrected chi connectivity index (χ2v) is 12.0. The van der Waals surface area contributed by atoms with Crippen LogP contribution in [0.25, 0.3) is 10.4 Å². The SMILES string of the molecule is CCCCCCCCCCC/C=C\[C@H]1O[C@@H](OC(=O)c2ccccc2)[C@H](N=[N+]=[N-])[C@H](OCc2ccccc2)[C@@H]1OCc1ccccc1. The monoisotopic (exact) mass is 639 g/mol. The van der Waals surface area contributed by atoms with E-state index in [9.17, 15) is 10.3 Å². The maximum atomic E-state index is 13.2. The first-order chi connectivity index (χ1) is 23.2. The Kier molecular flexibility index (Phi) is 16.1. The standard InChI is InChI=1S/C39H49N3O5/c1-2-3-4-5-6-7-8-9-10-11-21-28-34-36(44-29-31-22-15-12-16-23-31)37(45-30-32-24-17-13-18-25-32)35(41-42-40)39(46-34)47-38(43)33-26-19-14-20-27-33/h12-28,34-37,39H,2-11,29-30H2,1H3/b28-21-/t34-,35-,36-,37+,39+/m1/s1. The molecule has 8 nitrogen and oxygen atoms in total. The van der Waals surface area contributed by atoms with Gasteiger partial charge in [-0.25, -0.2) is 4.79 Å². The molecule has 0 bridgehead atoms. The van der Waals surface area contributed by atoms with Crippen LogP contribution in [0.15, 0.2) is 108 Å². The molecule has 1 heterocycles. The Balaban J connectivity index is 1.52. The molecule has 1 saturated heterocycles. The van der Waals surface area contributed by atoms with Gasteiger partial charge < -0.3 is 18.9 Å². The van der Waals surface area contributed by atoms with E-state index in [0.717, 1.165) is 24.0 Å². The van der Waals surface area contributed by atoms with Gasteiger partial charge in [0.1, 0.15) is 24.4 Å². The maximum absolute atomic E-state index is 13.2. The van der Waals surface area contributed by atoms with Crippen molar-refractivity contribution in [3.63, 3.8) is 0 Å². The van der Waals surface area contributed by atoms with E-state index >= 15 is 0 Å². The first-order valence-corrected chi connectivity index (χ1v) is 17.1. The number of benzene rings is 3. The summed E-state index contributed by atoms with van der Waals surface area (Å²) in [7, 11) is 0. The Bertz CT molecular complexity index is 1370. The predicted octanol–water partition coefficient (Wildman–Crippen LogP) is 9.90. The van der Waals surface area contributed by atoms with Crippen molar-refractivity contribution < 1.29 is 23.7 Å². The van der Waals surface area contributed by atoms with E-state index in [0.29, 0.717) is 12.2 Å². The molecule has 3 aromatic carbocycles. The van der Waals surface area contributed by atoms with Crippen molar-refractivity contribution in [2.75, 3.05) is 0 Å². The van der Waals surface area contributed by atoms with E-state index in [1.165, 1.54) is 51.4 Å². The van der Waals surface area contributed by atoms with Crippen LogP contribution >= 0.6 is 0 Å². The Morgan fingerprint density at radius 1 is 0.766 bits per heavy atom. The van der Waals surface area contributed by atoms with Gasteiger partial charge in [-0.05, 0) is 41.6 Å². The molecule has 1 fully saturated rings. The van der Waals surface area contributed by atoms with Gasteiger partial charge in [0, 0.05) is 4.91 Å². The van der Waals surface area contributed by atoms with E-state index in [4.69, 9.17) is 18.9 Å². The number of hydrogen-bond acceptors (Lipinski definition) is 6. The van der Waals surface area contributed by atoms with Gasteiger partial charge in [0.05, 0.1) is 18.8 Å². The van der Waals surface area contributed by atoms with E-state index in [1.54, 1.807) is 24.3 Å². The van der Waals surface area contributed by atoms with Gasteiger partial charge in [-0.3, -0.25) is 0 Å². The summed E-state index contributed by atoms with van der Waals surface area (Å²) in [6.07, 6.45) is 13.2. The topological polar surface area (TPSA) is 103 Å². The predicted molar refractivity (Wildman–Crippen MR) is 184 cm³/mol. The van der Waals surface area contributed by atoms with E-state index in [2.05, 4.69) is 23.0 Å². The molecule has 0 aromatic heterocycles. The third kappa shape index (κ3) is 12.3. The summed E-state index contributed by atoms with van der Waals surface area (Å²) in [4.78, 5) is 16.3. The molecule has 0 saturated carbocycles. The molecule has 3 aromatic rings. The molecule has 47 heavy (non-hydrogen) atoms. The second-order valence-electron chi connectivity index (χ2n) is 12.0. The molecule has 250 valence electrons. The van der Waals surface area contributed by atoms with Crippen LogP contribution in [0.3, 0.4) is 0 Å². The number of unbranched alkanes of at least 4 members (excludes halogenated alkanes) is 9. The number of ether oxygens (including phenoxy) is 4. The van der Waals surface area contributed by atoms with E-state index < -0.39 is 36.6 Å². The zero-order chi connectivity index (χ0) is 32.9. The summed E-state index contributed by atoms with van der Waals surface area (Å²) in [5, 5.41) is 4.06. The van der Waals surface area contributed by atoms with Crippen molar-refractivity contribution in [3.05, 3.63) is 130 Å². The second kappa shape index (κ2) is 21.0. The minimum Gasteiger partial charge on any atom is -0.432 e. The van der Waals surface area contributed by atoms with Crippen LogP contribution in [0.2, 0.25) is 0 Å². The van der Waals surface area contributed by atoms with Crippen molar-refractivity contribution in [2.24, 2.45) is 5.11 Å². The minimum atomic E-state index is -1.18. The van der Waals surface area contributed by atoms with Crippen LogP contribution in [-0.2, 0) is 32.2 Å². The number of allylic oxidation sites excluding steroid dienone is 1. The van der Waals surface area contributed by atoms with Gasteiger partial charge in [-0.15, -0.1) is 0 Å². The number of carbonyl (C=O) groups excluding carboxylic acids is 1. The highest BCUT2D eigenvalue weighted by molar-refractivity contribution is 5.89. The summed E-state index contributed by atoms with van der Waals surface area (Å²) in [6.45, 7) is 2.81. The van der Waals surface area contributed by atoms with Gasteiger partial charge in [-0.1, -0.05) is 154 Å². The highest BCUT2D eigenvalue weighted by Crippen LogP contribution is 2.32. The zero-order valence-corrected chi connectivity index (χ0v) is 27.6. The lowest BCUT2D eigenvalue weighted by Gasteiger charge is -2.43. The van der Waals surface area contributed by atoms with Crippen molar-refractivity contribution in [1.29, 1.82) is 0 Å². The number of hydrogen-bond donors (Lipinski definition) is 0. The largest absolute Gasteiger partial charge is 0.432 e. The molecule has 0 N–H and O–H groups in total. The van der Waals surface area contributed by atoms with Crippen LogP contribution in [0, 0.1) is 0 Å². The Morgan fingerprint density at radius 2 is 1.30 bits per heavy atom. The molecule has 1 aliphatic heterocycles. The third-order valence-electron chi connectivity index (χ3n) is 8.34. The lowest BCUT2D eigenvalue weighted by atomic mass is 9.95. The zero-order valence-electron chi connectivity index (χ0n) is 27.6. The summed E-state index contributed by atoms with van der Waals surface area (Å²) in [6, 6.07) is 27.4. The number of rotatable bonds is 20. The van der Waals surface area contributed by atoms with Gasteiger partial charge in [0.25, 0.3) is 0 Å². The summed E-state index contributed by atoms with van der Waals surface area (Å²) >= 11 is 0. The smallest absolute Gasteiger partial charge is 0.340 e. The molecule has 0 amide bonds. The molecule has 1 aliphatic rings. The highest BCUT2D eigenvalue weighted by atomic mass is 16.7. The van der Waals surface area contributed by atoms with Crippen LogP contribution in [-0.4, -0.2) is 36.6 Å². The van der Waals surface area contributed by atoms with Crippen LogP contribution < -0.4 is 0 Å². The maximum Gasteiger partial charge on any atom is 0.340 e. The summed E-state index contributed by atoms with van der Waals surface area (Å²) in [5.74, 6) is -0.573. The lowest BCUT2D eigenvalue weighted by Crippen LogP contribution is -2.59. The quantitative estimate of drug-likeness (QED) is 0.0306. The molecule has 0 unspecified atom stereocenters. The van der Waals surface area contributed by atoms with Crippen molar-refractivity contribution in [3.8, 4) is 0 Å². The van der Waals surface area contributed by atoms with Gasteiger partial charge in [0.2, 0.25) is 6.29 Å². The first kappa shape index (κ1) is 35.9. The summed E-state index contributed by atoms with van der Waals surface area (Å²) < 4.78 is 25.3. The van der Waals surface area contributed by atoms with Gasteiger partial charge in [-0.2, -0.15) is 0 Å². The highest BCUT2D eigenvalue weighted by Gasteiger charge is 2.48. The van der Waals surface area contributed by atoms with Crippen LogP contribution in [0.5, 0.6) is 0 Å². The average Bonchev–Trinajstić information content (AvgIpc) is 3.11. The van der Waals surface area contributed by atoms with Crippen LogP contribution in [0.4, 0.5) is 0 Å². The van der Waals surface area contributed by atoms with Gasteiger partial charge >= 0.3 is 5.97 Å². The molecule has 0 aliphatic carbocycles. The van der Waals surface area contributed by atoms with E-state index in [1.807, 2.05) is 72.8 Å². The summed E-state index contributed by atoms with van der Waals surface area (Å²) in [5.41, 5.74) is 11.9. The molecular formula is C39H49N3O5. The fraction of sp³-hybridized carbons (Fsp3) is 0.462. The van der Waals surface area contributed by atoms with E-state index in [-0.39, 0.29) is 6.61 Å². The van der Waals surface area contributed by atoms with Gasteiger partial charge in [0.15, 0.2) is 0 Å². The molecule has 4 rings (SSSR count). The molecule has 0 spiro atoms. The Morgan fingerprint density at radius 3 is 1.87 bits per heavy atom. The minimum absolute atomic E-state index is 0.252. The third-order valence-corrected chi connectivity index (χ3v) is 8.34. The van der Waals surface area contributed by atoms with Crippen LogP contribution in [0.1, 0.15) is 92.6 Å². The van der Waals surface area contributed by atoms with Crippen molar-refractivity contribution in [2.45, 2.75) is 115 Å². The van der Waals surface area contributed by atoms with Crippen molar-refractivity contribution >= 4 is 5.97 Å². The molecule has 5 atom stereocenters. The normalized spacial score (nSPS) is 20.9.